The third kappa shape index (κ3) is 7.46. The van der Waals surface area contributed by atoms with Crippen LogP contribution in [-0.4, -0.2) is 0 Å². The molecule has 348 valence electrons. The van der Waals surface area contributed by atoms with Crippen LogP contribution in [0.2, 0.25) is 0 Å². The van der Waals surface area contributed by atoms with E-state index in [0.717, 1.165) is 0 Å². The predicted molar refractivity (Wildman–Crippen MR) is 324 cm³/mol. The molecule has 0 aromatic heterocycles. The van der Waals surface area contributed by atoms with Gasteiger partial charge in [-0.05, 0) is 154 Å². The maximum absolute atomic E-state index is 2.35. The number of fused-ring (bicyclic) bond motifs is 10. The third-order valence-electron chi connectivity index (χ3n) is 15.1. The van der Waals surface area contributed by atoms with Gasteiger partial charge < -0.3 is 0 Å². The van der Waals surface area contributed by atoms with Crippen molar-refractivity contribution in [3.63, 3.8) is 0 Å². The summed E-state index contributed by atoms with van der Waals surface area (Å²) in [6, 6.07) is 102. The van der Waals surface area contributed by atoms with Gasteiger partial charge in [0.1, 0.15) is 0 Å². The van der Waals surface area contributed by atoms with E-state index in [9.17, 15) is 0 Å². The van der Waals surface area contributed by atoms with Crippen LogP contribution >= 0.6 is 0 Å². The molecule has 0 saturated heterocycles. The zero-order valence-corrected chi connectivity index (χ0v) is 41.6. The van der Waals surface area contributed by atoms with Crippen LogP contribution in [0.25, 0.3) is 141 Å². The lowest BCUT2D eigenvalue weighted by Crippen LogP contribution is -1.92. The molecule has 0 bridgehead atoms. The Hall–Kier alpha value is -9.36. The van der Waals surface area contributed by atoms with Crippen LogP contribution in [0.15, 0.2) is 279 Å². The zero-order chi connectivity index (χ0) is 49.5. The summed E-state index contributed by atoms with van der Waals surface area (Å²) in [7, 11) is 0. The Morgan fingerprint density at radius 2 is 0.473 bits per heavy atom. The van der Waals surface area contributed by atoms with Crippen molar-refractivity contribution in [1.29, 1.82) is 0 Å². The Kier molecular flexibility index (Phi) is 11.4. The van der Waals surface area contributed by atoms with E-state index < -0.39 is 0 Å². The van der Waals surface area contributed by atoms with Crippen molar-refractivity contribution in [2.45, 2.75) is 13.8 Å². The number of benzene rings is 15. The van der Waals surface area contributed by atoms with Crippen molar-refractivity contribution < 1.29 is 0 Å². The first-order valence-corrected chi connectivity index (χ1v) is 26.0. The van der Waals surface area contributed by atoms with E-state index in [1.54, 1.807) is 0 Å². The average Bonchev–Trinajstić information content (AvgIpc) is 3.48. The van der Waals surface area contributed by atoms with Gasteiger partial charge in [-0.15, -0.1) is 0 Å². The molecular formula is C74H52. The third-order valence-corrected chi connectivity index (χ3v) is 15.1. The lowest BCUT2D eigenvalue weighted by atomic mass is 9.84. The highest BCUT2D eigenvalue weighted by molar-refractivity contribution is 6.27. The second-order valence-electron chi connectivity index (χ2n) is 19.0. The molecule has 0 aliphatic carbocycles. The molecule has 0 radical (unpaired) electrons. The van der Waals surface area contributed by atoms with Crippen LogP contribution in [0.5, 0.6) is 0 Å². The largest absolute Gasteiger partial charge is 0.0683 e. The molecule has 0 aliphatic rings. The van der Waals surface area contributed by atoms with Gasteiger partial charge in [-0.3, -0.25) is 0 Å². The minimum absolute atomic E-state index is 1.25. The molecule has 0 fully saturated rings. The molecule has 0 amide bonds. The zero-order valence-electron chi connectivity index (χ0n) is 41.6. The lowest BCUT2D eigenvalue weighted by molar-refractivity contribution is 1.50. The van der Waals surface area contributed by atoms with E-state index in [0.29, 0.717) is 0 Å². The van der Waals surface area contributed by atoms with Gasteiger partial charge in [-0.25, -0.2) is 0 Å². The molecule has 0 spiro atoms. The standard InChI is InChI=1S/C38H24.C34H22.C2H6/c1-2-11-25(12-3-1)37-32-15-6-8-17-34(32)38(35-18-9-7-16-33(35)37)31-20-10-19-29-30(31)22-21-28-23-26-13-4-5-14-27(26)24-36(28)29;1-3-15-25-23(11-1)13-9-21-27(25)33-29-17-5-7-19-31(29)34(32-20-8-6-18-30(32)33)28-22-10-14-24-12-2-4-16-26(24)28;1-2/h1-24H;1-22H;1-2H3. The van der Waals surface area contributed by atoms with E-state index >= 15 is 0 Å². The first-order chi connectivity index (χ1) is 36.8. The molecule has 0 heterocycles. The number of hydrogen-bond donors (Lipinski definition) is 0. The topological polar surface area (TPSA) is 0 Å². The number of hydrogen-bond acceptors (Lipinski definition) is 0. The minimum atomic E-state index is 1.25. The van der Waals surface area contributed by atoms with Gasteiger partial charge in [0.25, 0.3) is 0 Å². The fourth-order valence-corrected chi connectivity index (χ4v) is 11.9. The highest BCUT2D eigenvalue weighted by Crippen LogP contribution is 2.48. The summed E-state index contributed by atoms with van der Waals surface area (Å²) in [4.78, 5) is 0. The Labute approximate surface area is 432 Å². The molecule has 15 aromatic carbocycles. The summed E-state index contributed by atoms with van der Waals surface area (Å²) < 4.78 is 0. The van der Waals surface area contributed by atoms with Crippen molar-refractivity contribution in [3.05, 3.63) is 279 Å². The van der Waals surface area contributed by atoms with Gasteiger partial charge in [0.15, 0.2) is 0 Å². The first kappa shape index (κ1) is 44.6. The van der Waals surface area contributed by atoms with Crippen LogP contribution in [0, 0.1) is 0 Å². The smallest absolute Gasteiger partial charge is 0.00201 e. The van der Waals surface area contributed by atoms with E-state index in [1.165, 1.54) is 141 Å². The van der Waals surface area contributed by atoms with Crippen LogP contribution in [0.1, 0.15) is 13.8 Å². The highest BCUT2D eigenvalue weighted by atomic mass is 14.2. The minimum Gasteiger partial charge on any atom is -0.0683 e. The molecule has 0 N–H and O–H groups in total. The summed E-state index contributed by atoms with van der Waals surface area (Å²) in [5, 5.41) is 23.2. The first-order valence-electron chi connectivity index (χ1n) is 26.0. The molecule has 0 unspecified atom stereocenters. The van der Waals surface area contributed by atoms with Crippen LogP contribution in [0.4, 0.5) is 0 Å². The molecule has 74 heavy (non-hydrogen) atoms. The molecule has 0 saturated carbocycles. The second kappa shape index (κ2) is 19.0. The maximum atomic E-state index is 2.35. The lowest BCUT2D eigenvalue weighted by Gasteiger charge is -2.19. The Morgan fingerprint density at radius 1 is 0.162 bits per heavy atom. The van der Waals surface area contributed by atoms with E-state index in [1.807, 2.05) is 13.8 Å². The number of rotatable bonds is 4. The van der Waals surface area contributed by atoms with Gasteiger partial charge >= 0.3 is 0 Å². The molecule has 15 aromatic rings. The normalized spacial score (nSPS) is 11.4. The summed E-state index contributed by atoms with van der Waals surface area (Å²) in [6.45, 7) is 4.00. The van der Waals surface area contributed by atoms with Gasteiger partial charge in [0.2, 0.25) is 0 Å². The van der Waals surface area contributed by atoms with Crippen molar-refractivity contribution >= 4 is 97.0 Å². The Bertz CT molecular complexity index is 4360. The fraction of sp³-hybridized carbons (Fsp3) is 0.0270. The van der Waals surface area contributed by atoms with Crippen molar-refractivity contribution in [2.75, 3.05) is 0 Å². The fourth-order valence-electron chi connectivity index (χ4n) is 11.9. The Morgan fingerprint density at radius 3 is 0.919 bits per heavy atom. The average molecular weight is 941 g/mol. The SMILES string of the molecule is CC.c1ccc(-c2c3ccccc3c(-c3cccc4c3ccc3cc5ccccc5cc34)c3ccccc23)cc1.c1ccc2c(-c3c4ccccc4c(-c4cccc5ccccc45)c4ccccc34)cccc2c1. The molecule has 0 atom stereocenters. The second-order valence-corrected chi connectivity index (χ2v) is 19.0. The molecular weight excluding hydrogens is 889 g/mol. The van der Waals surface area contributed by atoms with E-state index in [2.05, 4.69) is 279 Å². The van der Waals surface area contributed by atoms with Crippen molar-refractivity contribution in [3.8, 4) is 44.5 Å². The van der Waals surface area contributed by atoms with Crippen LogP contribution in [0.3, 0.4) is 0 Å². The quantitative estimate of drug-likeness (QED) is 0.122. The molecule has 0 heteroatoms. The van der Waals surface area contributed by atoms with Gasteiger partial charge in [0, 0.05) is 0 Å². The van der Waals surface area contributed by atoms with Crippen molar-refractivity contribution in [2.24, 2.45) is 0 Å². The summed E-state index contributed by atoms with van der Waals surface area (Å²) in [5.74, 6) is 0. The molecule has 0 nitrogen and oxygen atoms in total. The van der Waals surface area contributed by atoms with Gasteiger partial charge in [-0.1, -0.05) is 281 Å². The van der Waals surface area contributed by atoms with Gasteiger partial charge in [-0.2, -0.15) is 0 Å². The molecule has 0 aliphatic heterocycles. The summed E-state index contributed by atoms with van der Waals surface area (Å²) in [6.07, 6.45) is 0. The molecule has 15 rings (SSSR count). The van der Waals surface area contributed by atoms with Crippen LogP contribution < -0.4 is 0 Å². The van der Waals surface area contributed by atoms with Crippen LogP contribution in [-0.2, 0) is 0 Å². The van der Waals surface area contributed by atoms with Crippen molar-refractivity contribution in [1.82, 2.24) is 0 Å². The highest BCUT2D eigenvalue weighted by Gasteiger charge is 2.20. The monoisotopic (exact) mass is 940 g/mol. The predicted octanol–water partition coefficient (Wildman–Crippen LogP) is 21.4. The maximum Gasteiger partial charge on any atom is -0.00201 e. The van der Waals surface area contributed by atoms with E-state index in [4.69, 9.17) is 0 Å². The van der Waals surface area contributed by atoms with E-state index in [-0.39, 0.29) is 0 Å². The summed E-state index contributed by atoms with van der Waals surface area (Å²) >= 11 is 0. The summed E-state index contributed by atoms with van der Waals surface area (Å²) in [5.41, 5.74) is 10.3. The van der Waals surface area contributed by atoms with Gasteiger partial charge in [0.05, 0.1) is 0 Å². The Balaban J connectivity index is 0.000000139.